The van der Waals surface area contributed by atoms with Gasteiger partial charge in [-0.25, -0.2) is 9.59 Å². The van der Waals surface area contributed by atoms with Gasteiger partial charge in [-0.1, -0.05) is 27.7 Å². The van der Waals surface area contributed by atoms with Crippen molar-refractivity contribution in [3.05, 3.63) is 0 Å². The zero-order valence-corrected chi connectivity index (χ0v) is 11.9. The fourth-order valence-electron chi connectivity index (χ4n) is 2.18. The third-order valence-corrected chi connectivity index (χ3v) is 3.30. The van der Waals surface area contributed by atoms with Crippen molar-refractivity contribution < 1.29 is 19.5 Å². The molecular weight excluding hydrogens is 248 g/mol. The van der Waals surface area contributed by atoms with Crippen molar-refractivity contribution in [3.8, 4) is 0 Å². The summed E-state index contributed by atoms with van der Waals surface area (Å²) in [5, 5.41) is 11.4. The summed E-state index contributed by atoms with van der Waals surface area (Å²) in [6.45, 7) is 7.89. The number of carboxylic acids is 1. The van der Waals surface area contributed by atoms with Gasteiger partial charge in [0.25, 0.3) is 0 Å². The number of nitrogens with one attached hydrogen (secondary N) is 1. The van der Waals surface area contributed by atoms with E-state index in [9.17, 15) is 19.5 Å². The first-order valence-electron chi connectivity index (χ1n) is 6.45. The van der Waals surface area contributed by atoms with Crippen molar-refractivity contribution >= 4 is 17.9 Å². The first-order chi connectivity index (χ1) is 8.61. The van der Waals surface area contributed by atoms with E-state index in [1.165, 1.54) is 0 Å². The van der Waals surface area contributed by atoms with Crippen molar-refractivity contribution in [1.82, 2.24) is 10.2 Å². The number of hydrogen-bond donors (Lipinski definition) is 2. The van der Waals surface area contributed by atoms with Crippen LogP contribution in [0.2, 0.25) is 0 Å². The molecule has 0 aliphatic carbocycles. The van der Waals surface area contributed by atoms with Crippen LogP contribution in [0.25, 0.3) is 0 Å². The van der Waals surface area contributed by atoms with Crippen LogP contribution in [0.3, 0.4) is 0 Å². The maximum Gasteiger partial charge on any atom is 0.326 e. The van der Waals surface area contributed by atoms with E-state index in [0.717, 1.165) is 11.3 Å². The number of carboxylic acid groups (broad SMARTS) is 1. The van der Waals surface area contributed by atoms with Crippen molar-refractivity contribution in [1.29, 1.82) is 0 Å². The monoisotopic (exact) mass is 270 g/mol. The maximum absolute atomic E-state index is 11.6. The summed E-state index contributed by atoms with van der Waals surface area (Å²) in [4.78, 5) is 35.2. The van der Waals surface area contributed by atoms with Crippen molar-refractivity contribution in [2.24, 2.45) is 11.3 Å². The molecule has 1 aliphatic heterocycles. The molecule has 0 aromatic rings. The molecule has 1 fully saturated rings. The molecule has 2 atom stereocenters. The Morgan fingerprint density at radius 1 is 1.42 bits per heavy atom. The fourth-order valence-corrected chi connectivity index (χ4v) is 2.18. The lowest BCUT2D eigenvalue weighted by Crippen LogP contribution is -2.47. The number of carbonyl (C=O) groups excluding carboxylic acids is 2. The zero-order chi connectivity index (χ0) is 14.8. The topological polar surface area (TPSA) is 86.7 Å². The van der Waals surface area contributed by atoms with E-state index in [4.69, 9.17) is 0 Å². The number of urea groups is 1. The minimum atomic E-state index is -1.06. The Labute approximate surface area is 113 Å². The van der Waals surface area contributed by atoms with Crippen molar-refractivity contribution in [2.75, 3.05) is 6.54 Å². The van der Waals surface area contributed by atoms with E-state index in [0.29, 0.717) is 6.42 Å². The van der Waals surface area contributed by atoms with E-state index in [-0.39, 0.29) is 17.9 Å². The smallest absolute Gasteiger partial charge is 0.326 e. The Kier molecular flexibility index (Phi) is 4.55. The SMILES string of the molecule is C[C@@H](CCC(C)(C)C)[C@@H](C(=O)O)N1CC(=O)NC1=O. The van der Waals surface area contributed by atoms with Gasteiger partial charge in [0, 0.05) is 0 Å². The fraction of sp³-hybridized carbons (Fsp3) is 0.769. The first-order valence-corrected chi connectivity index (χ1v) is 6.45. The van der Waals surface area contributed by atoms with Crippen LogP contribution >= 0.6 is 0 Å². The van der Waals surface area contributed by atoms with Crippen LogP contribution in [0.1, 0.15) is 40.5 Å². The standard InChI is InChI=1S/C13H22N2O4/c1-8(5-6-13(2,3)4)10(11(17)18)15-7-9(16)14-12(15)19/h8,10H,5-7H2,1-4H3,(H,17,18)(H,14,16,19)/t8-,10-/m0/s1. The summed E-state index contributed by atoms with van der Waals surface area (Å²) < 4.78 is 0. The van der Waals surface area contributed by atoms with Gasteiger partial charge >= 0.3 is 12.0 Å². The summed E-state index contributed by atoms with van der Waals surface area (Å²) in [6, 6.07) is -1.56. The molecule has 6 heteroatoms. The van der Waals surface area contributed by atoms with Crippen LogP contribution in [0.15, 0.2) is 0 Å². The van der Waals surface area contributed by atoms with Crippen LogP contribution in [-0.4, -0.2) is 40.5 Å². The molecule has 0 aromatic heterocycles. The largest absolute Gasteiger partial charge is 0.480 e. The first kappa shape index (κ1) is 15.5. The number of hydrogen-bond acceptors (Lipinski definition) is 3. The Morgan fingerprint density at radius 2 is 2.00 bits per heavy atom. The van der Waals surface area contributed by atoms with Gasteiger partial charge in [0.1, 0.15) is 12.6 Å². The van der Waals surface area contributed by atoms with Gasteiger partial charge in [-0.05, 0) is 24.2 Å². The van der Waals surface area contributed by atoms with Crippen LogP contribution < -0.4 is 5.32 Å². The molecule has 3 amide bonds. The molecule has 0 spiro atoms. The Balaban J connectivity index is 2.75. The number of imide groups is 1. The summed E-state index contributed by atoms with van der Waals surface area (Å²) in [7, 11) is 0. The second-order valence-corrected chi connectivity index (χ2v) is 6.34. The Morgan fingerprint density at radius 3 is 2.37 bits per heavy atom. The minimum absolute atomic E-state index is 0.112. The highest BCUT2D eigenvalue weighted by atomic mass is 16.4. The van der Waals surface area contributed by atoms with E-state index in [1.54, 1.807) is 6.92 Å². The van der Waals surface area contributed by atoms with Gasteiger partial charge in [-0.3, -0.25) is 10.1 Å². The molecule has 0 saturated carbocycles. The van der Waals surface area contributed by atoms with Crippen LogP contribution in [0.4, 0.5) is 4.79 Å². The molecule has 0 radical (unpaired) electrons. The number of nitrogens with zero attached hydrogens (tertiary/aromatic N) is 1. The summed E-state index contributed by atoms with van der Waals surface area (Å²) >= 11 is 0. The maximum atomic E-state index is 11.6. The van der Waals surface area contributed by atoms with Crippen LogP contribution in [-0.2, 0) is 9.59 Å². The number of carbonyl (C=O) groups is 3. The predicted octanol–water partition coefficient (Wildman–Crippen LogP) is 1.45. The summed E-state index contributed by atoms with van der Waals surface area (Å²) in [6.07, 6.45) is 1.56. The highest BCUT2D eigenvalue weighted by molar-refractivity contribution is 6.03. The van der Waals surface area contributed by atoms with E-state index in [1.807, 2.05) is 0 Å². The normalized spacial score (nSPS) is 19.3. The molecule has 1 saturated heterocycles. The average Bonchev–Trinajstić information content (AvgIpc) is 2.54. The van der Waals surface area contributed by atoms with Gasteiger partial charge in [-0.2, -0.15) is 0 Å². The third kappa shape index (κ3) is 4.22. The quantitative estimate of drug-likeness (QED) is 0.740. The molecule has 0 unspecified atom stereocenters. The molecule has 6 nitrogen and oxygen atoms in total. The second-order valence-electron chi connectivity index (χ2n) is 6.34. The molecule has 0 bridgehead atoms. The predicted molar refractivity (Wildman–Crippen MR) is 69.5 cm³/mol. The van der Waals surface area contributed by atoms with Crippen molar-refractivity contribution in [3.63, 3.8) is 0 Å². The molecule has 19 heavy (non-hydrogen) atoms. The lowest BCUT2D eigenvalue weighted by molar-refractivity contribution is -0.144. The van der Waals surface area contributed by atoms with Crippen molar-refractivity contribution in [2.45, 2.75) is 46.6 Å². The van der Waals surface area contributed by atoms with Crippen LogP contribution in [0, 0.1) is 11.3 Å². The lowest BCUT2D eigenvalue weighted by Gasteiger charge is -2.29. The second kappa shape index (κ2) is 5.59. The van der Waals surface area contributed by atoms with Gasteiger partial charge in [0.15, 0.2) is 0 Å². The Hall–Kier alpha value is -1.59. The molecule has 2 N–H and O–H groups in total. The molecule has 0 aromatic carbocycles. The van der Waals surface area contributed by atoms with Crippen LogP contribution in [0.5, 0.6) is 0 Å². The van der Waals surface area contributed by atoms with Gasteiger partial charge in [0.2, 0.25) is 5.91 Å². The molecule has 1 heterocycles. The summed E-state index contributed by atoms with van der Waals surface area (Å²) in [5.41, 5.74) is 0.112. The number of aliphatic carboxylic acids is 1. The molecule has 1 rings (SSSR count). The van der Waals surface area contributed by atoms with Gasteiger partial charge < -0.3 is 10.0 Å². The van der Waals surface area contributed by atoms with Gasteiger partial charge in [-0.15, -0.1) is 0 Å². The van der Waals surface area contributed by atoms with E-state index >= 15 is 0 Å². The lowest BCUT2D eigenvalue weighted by atomic mass is 9.84. The van der Waals surface area contributed by atoms with Gasteiger partial charge in [0.05, 0.1) is 0 Å². The zero-order valence-electron chi connectivity index (χ0n) is 11.9. The van der Waals surface area contributed by atoms with E-state index in [2.05, 4.69) is 26.1 Å². The minimum Gasteiger partial charge on any atom is -0.480 e. The molecular formula is C13H22N2O4. The average molecular weight is 270 g/mol. The summed E-state index contributed by atoms with van der Waals surface area (Å²) in [5.74, 6) is -1.71. The number of rotatable bonds is 5. The number of amides is 3. The third-order valence-electron chi connectivity index (χ3n) is 3.30. The van der Waals surface area contributed by atoms with E-state index < -0.39 is 23.9 Å². The molecule has 1 aliphatic rings. The molecule has 108 valence electrons. The highest BCUT2D eigenvalue weighted by Gasteiger charge is 2.39. The Bertz CT molecular complexity index is 387. The highest BCUT2D eigenvalue weighted by Crippen LogP contribution is 2.27.